The lowest BCUT2D eigenvalue weighted by atomic mass is 9.67. The maximum Gasteiger partial charge on any atom is 0.425 e. The van der Waals surface area contributed by atoms with E-state index in [4.69, 9.17) is 6.11 Å². The van der Waals surface area contributed by atoms with Crippen LogP contribution in [0.3, 0.4) is 0 Å². The zero-order chi connectivity index (χ0) is 19.7. The zero-order valence-corrected chi connectivity index (χ0v) is 16.7. The Morgan fingerprint density at radius 2 is 1.75 bits per heavy atom. The van der Waals surface area contributed by atoms with Crippen molar-refractivity contribution in [1.82, 2.24) is 10.0 Å². The van der Waals surface area contributed by atoms with Gasteiger partial charge in [0.25, 0.3) is 0 Å². The van der Waals surface area contributed by atoms with Crippen molar-refractivity contribution in [3.63, 3.8) is 0 Å². The molecule has 1 amide bonds. The molecule has 0 N–H and O–H groups in total. The number of amides is 1. The van der Waals surface area contributed by atoms with Gasteiger partial charge in [-0.3, -0.25) is 0 Å². The monoisotopic (exact) mass is 340 g/mol. The van der Waals surface area contributed by atoms with Gasteiger partial charge in [-0.25, -0.2) is 9.80 Å². The number of ether oxygens (including phenoxy) is 1. The number of nitrogens with zero attached hydrogens (tertiary/aromatic N) is 3. The van der Waals surface area contributed by atoms with Gasteiger partial charge >= 0.3 is 6.09 Å². The number of hydrogen-bond donors (Lipinski definition) is 0. The largest absolute Gasteiger partial charge is 0.623 e. The lowest BCUT2D eigenvalue weighted by molar-refractivity contribution is -0.536. The average molecular weight is 340 g/mol. The average Bonchev–Trinajstić information content (AvgIpc) is 2.64. The van der Waals surface area contributed by atoms with Gasteiger partial charge in [-0.2, -0.15) is 9.75 Å². The Morgan fingerprint density at radius 1 is 1.25 bits per heavy atom. The van der Waals surface area contributed by atoms with Gasteiger partial charge in [0.05, 0.1) is 5.92 Å². The molecule has 2 rings (SSSR count). The van der Waals surface area contributed by atoms with Crippen molar-refractivity contribution >= 4 is 11.8 Å². The van der Waals surface area contributed by atoms with Crippen molar-refractivity contribution in [3.05, 3.63) is 5.21 Å². The number of hydroxylamine groups is 1. The molecule has 2 aliphatic rings. The second-order valence-electron chi connectivity index (χ2n) is 9.30. The molecule has 24 heavy (non-hydrogen) atoms. The predicted molar refractivity (Wildman–Crippen MR) is 94.4 cm³/mol. The quantitative estimate of drug-likeness (QED) is 0.500. The van der Waals surface area contributed by atoms with Gasteiger partial charge in [0.1, 0.15) is 13.0 Å². The molecule has 1 saturated heterocycles. The Labute approximate surface area is 147 Å². The van der Waals surface area contributed by atoms with E-state index in [2.05, 4.69) is 0 Å². The second kappa shape index (κ2) is 5.35. The summed E-state index contributed by atoms with van der Waals surface area (Å²) >= 11 is 0. The van der Waals surface area contributed by atoms with Crippen molar-refractivity contribution in [2.45, 2.75) is 80.1 Å². The number of cyclic esters (lactones) is 1. The Morgan fingerprint density at radius 3 is 2.17 bits per heavy atom. The fraction of sp³-hybridized carbons (Fsp3) is 0.889. The van der Waals surface area contributed by atoms with Gasteiger partial charge in [-0.05, 0) is 6.92 Å². The first-order valence-electron chi connectivity index (χ1n) is 9.08. The minimum absolute atomic E-state index is 0.261. The molecule has 0 saturated carbocycles. The number of fused-ring (bicyclic) bond motifs is 1. The van der Waals surface area contributed by atoms with Gasteiger partial charge < -0.3 is 9.94 Å². The van der Waals surface area contributed by atoms with E-state index in [0.29, 0.717) is 5.71 Å². The Kier molecular flexibility index (Phi) is 3.90. The molecule has 0 aliphatic carbocycles. The molecule has 0 aromatic rings. The summed E-state index contributed by atoms with van der Waals surface area (Å²) in [6.45, 7) is 17.4. The molecule has 2 heterocycles. The van der Waals surface area contributed by atoms with Crippen LogP contribution in [0.5, 0.6) is 0 Å². The topological polar surface area (TPSA) is 58.8 Å². The van der Waals surface area contributed by atoms with E-state index in [-0.39, 0.29) is 17.4 Å². The third-order valence-electron chi connectivity index (χ3n) is 5.78. The summed E-state index contributed by atoms with van der Waals surface area (Å²) < 4.78 is 15.3. The number of carbonyl (C=O) groups is 1. The van der Waals surface area contributed by atoms with Crippen LogP contribution in [-0.4, -0.2) is 51.4 Å². The maximum absolute atomic E-state index is 13.2. The van der Waals surface area contributed by atoms with E-state index in [1.807, 2.05) is 55.4 Å². The lowest BCUT2D eigenvalue weighted by Gasteiger charge is -2.44. The highest BCUT2D eigenvalue weighted by Crippen LogP contribution is 2.48. The Hall–Kier alpha value is -1.30. The van der Waals surface area contributed by atoms with E-state index in [0.717, 1.165) is 4.74 Å². The smallest absolute Gasteiger partial charge is 0.425 e. The molecule has 0 radical (unpaired) electrons. The Bertz CT molecular complexity index is 618. The fourth-order valence-electron chi connectivity index (χ4n) is 4.01. The molecule has 138 valence electrons. The van der Waals surface area contributed by atoms with Crippen molar-refractivity contribution in [3.8, 4) is 0 Å². The Balaban J connectivity index is 2.80. The van der Waals surface area contributed by atoms with E-state index in [1.165, 1.54) is 16.9 Å². The van der Waals surface area contributed by atoms with Crippen LogP contribution in [0.2, 0.25) is 0 Å². The van der Waals surface area contributed by atoms with Crippen molar-refractivity contribution < 1.29 is 15.6 Å². The van der Waals surface area contributed by atoms with Crippen LogP contribution in [0.4, 0.5) is 4.79 Å². The molecule has 4 atom stereocenters. The van der Waals surface area contributed by atoms with Gasteiger partial charge in [0, 0.05) is 24.8 Å². The summed E-state index contributed by atoms with van der Waals surface area (Å²) in [5.41, 5.74) is -0.963. The summed E-state index contributed by atoms with van der Waals surface area (Å²) in [5.74, 6) is -0.261. The third-order valence-corrected chi connectivity index (χ3v) is 5.78. The molecule has 0 aromatic carbocycles. The van der Waals surface area contributed by atoms with Crippen LogP contribution in [0, 0.1) is 22.0 Å². The van der Waals surface area contributed by atoms with Crippen LogP contribution >= 0.6 is 0 Å². The van der Waals surface area contributed by atoms with Crippen molar-refractivity contribution in [2.24, 2.45) is 16.7 Å². The molecule has 3 unspecified atom stereocenters. The number of rotatable bonds is 0. The van der Waals surface area contributed by atoms with E-state index < -0.39 is 23.3 Å². The molecule has 6 heteroatoms. The van der Waals surface area contributed by atoms with Gasteiger partial charge in [0.15, 0.2) is 5.71 Å². The predicted octanol–water partition coefficient (Wildman–Crippen LogP) is 3.45. The van der Waals surface area contributed by atoms with Gasteiger partial charge in [-0.1, -0.05) is 48.5 Å². The van der Waals surface area contributed by atoms with Crippen molar-refractivity contribution in [1.29, 1.82) is 0 Å². The van der Waals surface area contributed by atoms with Gasteiger partial charge in [0.2, 0.25) is 6.14 Å². The molecule has 2 aliphatic heterocycles. The zero-order valence-electron chi connectivity index (χ0n) is 17.7. The van der Waals surface area contributed by atoms with E-state index in [9.17, 15) is 10.0 Å². The summed E-state index contributed by atoms with van der Waals surface area (Å²) in [7, 11) is 1.61. The van der Waals surface area contributed by atoms with Crippen molar-refractivity contribution in [2.75, 3.05) is 7.05 Å². The molecular weight excluding hydrogens is 306 g/mol. The summed E-state index contributed by atoms with van der Waals surface area (Å²) in [4.78, 5) is 12.8. The van der Waals surface area contributed by atoms with Crippen LogP contribution < -0.4 is 0 Å². The summed E-state index contributed by atoms with van der Waals surface area (Å²) in [6, 6.07) is -0.372. The standard InChI is InChI=1S/C18H33N3O3/c1-11-13(16(3,4)5)21(23)12(2)19(10)20-14(11)18(9,17(6,7)8)24-15(20)22/h11-12,14H,1-10H3/t11?,12?,14?,18-/m0/s1/i12D. The first kappa shape index (κ1) is 17.5. The second-order valence-corrected chi connectivity index (χ2v) is 9.30. The van der Waals surface area contributed by atoms with Crippen LogP contribution in [0.25, 0.3) is 0 Å². The minimum Gasteiger partial charge on any atom is -0.623 e. The van der Waals surface area contributed by atoms with Gasteiger partial charge in [-0.15, -0.1) is 0 Å². The molecule has 1 fully saturated rings. The molecular formula is C18H33N3O3. The molecule has 0 aromatic heterocycles. The first-order valence-corrected chi connectivity index (χ1v) is 8.58. The maximum atomic E-state index is 13.2. The highest BCUT2D eigenvalue weighted by Gasteiger charge is 2.64. The van der Waals surface area contributed by atoms with Crippen LogP contribution in [0.15, 0.2) is 0 Å². The van der Waals surface area contributed by atoms with E-state index >= 15 is 0 Å². The molecule has 0 bridgehead atoms. The highest BCUT2D eigenvalue weighted by atomic mass is 16.6. The van der Waals surface area contributed by atoms with Crippen LogP contribution in [-0.2, 0) is 4.74 Å². The summed E-state index contributed by atoms with van der Waals surface area (Å²) in [6.07, 6.45) is -2.15. The highest BCUT2D eigenvalue weighted by molar-refractivity contribution is 5.89. The lowest BCUT2D eigenvalue weighted by Crippen LogP contribution is -2.59. The molecule has 6 nitrogen and oxygen atoms in total. The fourth-order valence-corrected chi connectivity index (χ4v) is 4.01. The SMILES string of the molecule is [2H]C1(C)N(C)N2C(=O)O[C@](C)(C(C)(C)C)C2C(C)C(C(C)(C)C)=[N+]1[O-]. The van der Waals surface area contributed by atoms with Crippen LogP contribution in [0.1, 0.15) is 63.7 Å². The number of hydrazine groups is 1. The first-order chi connectivity index (χ1) is 11.0. The number of carbonyl (C=O) groups excluding carboxylic acids is 1. The summed E-state index contributed by atoms with van der Waals surface area (Å²) in [5, 5.41) is 16.1. The van der Waals surface area contributed by atoms with E-state index in [1.54, 1.807) is 7.05 Å². The normalized spacial score (nSPS) is 39.5. The molecule has 0 spiro atoms. The minimum atomic E-state index is -1.65. The third kappa shape index (κ3) is 2.50. The number of hydrogen-bond acceptors (Lipinski definition) is 4.